The molecule has 1 aromatic heterocycles. The Labute approximate surface area is 303 Å². The average molecular weight is 741 g/mol. The molecule has 0 radical (unpaired) electrons. The number of anilines is 1. The molecule has 1 N–H and O–H groups in total. The summed E-state index contributed by atoms with van der Waals surface area (Å²) in [7, 11) is 0. The topological polar surface area (TPSA) is 111 Å². The first-order chi connectivity index (χ1) is 23.5. The molecule has 2 aliphatic rings. The van der Waals surface area contributed by atoms with Crippen LogP contribution in [0.25, 0.3) is 5.76 Å². The van der Waals surface area contributed by atoms with Gasteiger partial charge in [0.25, 0.3) is 5.78 Å². The molecule has 1 saturated heterocycles. The van der Waals surface area contributed by atoms with Crippen molar-refractivity contribution < 1.29 is 28.9 Å². The lowest BCUT2D eigenvalue weighted by Crippen LogP contribution is -2.29. The minimum absolute atomic E-state index is 0.00331. The fraction of sp³-hybridized carbons (Fsp3) is 0.333. The van der Waals surface area contributed by atoms with Crippen LogP contribution in [-0.4, -0.2) is 46.3 Å². The number of ketones is 1. The van der Waals surface area contributed by atoms with Crippen molar-refractivity contribution in [2.45, 2.75) is 62.8 Å². The summed E-state index contributed by atoms with van der Waals surface area (Å²) >= 11 is 15.0. The molecule has 0 bridgehead atoms. The van der Waals surface area contributed by atoms with E-state index in [1.165, 1.54) is 28.0 Å². The van der Waals surface area contributed by atoms with Crippen LogP contribution in [0.4, 0.5) is 5.13 Å². The molecule has 256 valence electrons. The summed E-state index contributed by atoms with van der Waals surface area (Å²) in [4.78, 5) is 29.0. The highest BCUT2D eigenvalue weighted by atomic mass is 35.5. The van der Waals surface area contributed by atoms with Crippen LogP contribution in [0.15, 0.2) is 64.5 Å². The Morgan fingerprint density at radius 1 is 1.08 bits per heavy atom. The predicted octanol–water partition coefficient (Wildman–Crippen LogP) is 8.91. The monoisotopic (exact) mass is 739 g/mol. The summed E-state index contributed by atoms with van der Waals surface area (Å²) in [5, 5.41) is 21.7. The maximum Gasteiger partial charge on any atom is 0.301 e. The third-order valence-electron chi connectivity index (χ3n) is 8.12. The van der Waals surface area contributed by atoms with E-state index in [1.54, 1.807) is 48.5 Å². The van der Waals surface area contributed by atoms with Gasteiger partial charge in [0.05, 0.1) is 24.8 Å². The minimum Gasteiger partial charge on any atom is -0.507 e. The van der Waals surface area contributed by atoms with Crippen LogP contribution in [0.5, 0.6) is 17.2 Å². The van der Waals surface area contributed by atoms with Gasteiger partial charge in [-0.25, -0.2) is 0 Å². The number of thioether (sulfide) groups is 1. The number of nitrogens with zero attached hydrogens (tertiary/aromatic N) is 3. The van der Waals surface area contributed by atoms with Crippen molar-refractivity contribution in [1.29, 1.82) is 0 Å². The molecule has 13 heteroatoms. The van der Waals surface area contributed by atoms with Crippen molar-refractivity contribution in [3.05, 3.63) is 92.5 Å². The van der Waals surface area contributed by atoms with Gasteiger partial charge in [0.1, 0.15) is 17.6 Å². The van der Waals surface area contributed by atoms with Gasteiger partial charge in [-0.3, -0.25) is 14.5 Å². The van der Waals surface area contributed by atoms with Crippen LogP contribution in [0, 0.1) is 5.92 Å². The standard InChI is InChI=1S/C36H35Cl2N3O6S2/c1-5-45-29-16-21(7-11-28(29)46-13-12-19(2)3)31-30(32(42)22-8-10-27-24(15-22)14-20(4)47-27)33(43)34(44)41(31)35-39-40-36(49-35)48-18-23-6-9-25(37)17-26(23)38/h6-11,15-17,19-20,31,42H,5,12-14,18H2,1-4H3/t20-,31+/m0/s1. The van der Waals surface area contributed by atoms with Crippen molar-refractivity contribution in [1.82, 2.24) is 10.2 Å². The molecule has 0 unspecified atom stereocenters. The number of rotatable bonds is 12. The number of carbonyl (C=O) groups is 2. The van der Waals surface area contributed by atoms with E-state index in [0.29, 0.717) is 68.3 Å². The highest BCUT2D eigenvalue weighted by Gasteiger charge is 2.48. The summed E-state index contributed by atoms with van der Waals surface area (Å²) in [6.07, 6.45) is 1.52. The van der Waals surface area contributed by atoms with Gasteiger partial charge in [-0.05, 0) is 85.3 Å². The Bertz CT molecular complexity index is 1930. The molecular formula is C36H35Cl2N3O6S2. The Morgan fingerprint density at radius 2 is 1.90 bits per heavy atom. The number of hydrogen-bond donors (Lipinski definition) is 1. The number of ether oxygens (including phenoxy) is 3. The molecule has 3 aromatic carbocycles. The molecule has 4 aromatic rings. The summed E-state index contributed by atoms with van der Waals surface area (Å²) in [6, 6.07) is 14.8. The molecule has 2 aliphatic heterocycles. The van der Waals surface area contributed by atoms with E-state index in [9.17, 15) is 14.7 Å². The lowest BCUT2D eigenvalue weighted by Gasteiger charge is -2.24. The molecule has 0 spiro atoms. The fourth-order valence-corrected chi connectivity index (χ4v) is 8.12. The summed E-state index contributed by atoms with van der Waals surface area (Å²) in [5.74, 6) is 0.742. The minimum atomic E-state index is -1.02. The Morgan fingerprint density at radius 3 is 2.65 bits per heavy atom. The first-order valence-corrected chi connectivity index (χ1v) is 18.5. The van der Waals surface area contributed by atoms with Crippen LogP contribution in [0.3, 0.4) is 0 Å². The van der Waals surface area contributed by atoms with Gasteiger partial charge in [-0.2, -0.15) is 0 Å². The van der Waals surface area contributed by atoms with Crippen LogP contribution < -0.4 is 19.1 Å². The molecule has 1 amide bonds. The molecule has 49 heavy (non-hydrogen) atoms. The lowest BCUT2D eigenvalue weighted by molar-refractivity contribution is -0.132. The number of amides is 1. The Kier molecular flexibility index (Phi) is 10.7. The zero-order valence-electron chi connectivity index (χ0n) is 27.4. The molecule has 6 rings (SSSR count). The zero-order chi connectivity index (χ0) is 34.8. The van der Waals surface area contributed by atoms with E-state index >= 15 is 0 Å². The van der Waals surface area contributed by atoms with Crippen LogP contribution in [-0.2, 0) is 21.8 Å². The van der Waals surface area contributed by atoms with Crippen molar-refractivity contribution in [2.24, 2.45) is 5.92 Å². The van der Waals surface area contributed by atoms with Crippen LogP contribution >= 0.6 is 46.3 Å². The van der Waals surface area contributed by atoms with Crippen LogP contribution in [0.1, 0.15) is 62.4 Å². The maximum absolute atomic E-state index is 13.9. The van der Waals surface area contributed by atoms with E-state index < -0.39 is 17.7 Å². The van der Waals surface area contributed by atoms with Gasteiger partial charge >= 0.3 is 5.91 Å². The van der Waals surface area contributed by atoms with E-state index in [0.717, 1.165) is 23.3 Å². The van der Waals surface area contributed by atoms with Crippen molar-refractivity contribution in [2.75, 3.05) is 18.1 Å². The number of hydrogen-bond acceptors (Lipinski definition) is 10. The summed E-state index contributed by atoms with van der Waals surface area (Å²) in [5.41, 5.74) is 2.66. The SMILES string of the molecule is CCOc1cc([C@@H]2C(=C(O)c3ccc4c(c3)C[C@H](C)O4)C(=O)C(=O)N2c2nnc(SCc3ccc(Cl)cc3Cl)s2)ccc1OCCC(C)C. The largest absolute Gasteiger partial charge is 0.507 e. The van der Waals surface area contributed by atoms with Gasteiger partial charge in [-0.1, -0.05) is 72.3 Å². The number of fused-ring (bicyclic) bond motifs is 1. The zero-order valence-corrected chi connectivity index (χ0v) is 30.5. The fourth-order valence-electron chi connectivity index (χ4n) is 5.69. The first kappa shape index (κ1) is 35.1. The first-order valence-electron chi connectivity index (χ1n) is 15.9. The molecule has 1 fully saturated rings. The number of aromatic nitrogens is 2. The predicted molar refractivity (Wildman–Crippen MR) is 194 cm³/mol. The smallest absolute Gasteiger partial charge is 0.301 e. The van der Waals surface area contributed by atoms with Gasteiger partial charge in [0.15, 0.2) is 15.8 Å². The third-order valence-corrected chi connectivity index (χ3v) is 10.8. The molecule has 0 aliphatic carbocycles. The molecule has 9 nitrogen and oxygen atoms in total. The van der Waals surface area contributed by atoms with Crippen molar-refractivity contribution >= 4 is 68.9 Å². The van der Waals surface area contributed by atoms with E-state index in [1.807, 2.05) is 19.9 Å². The maximum atomic E-state index is 13.9. The van der Waals surface area contributed by atoms with Gasteiger partial charge in [0, 0.05) is 27.8 Å². The Hall–Kier alpha value is -3.77. The van der Waals surface area contributed by atoms with E-state index in [4.69, 9.17) is 37.4 Å². The Balaban J connectivity index is 1.40. The second kappa shape index (κ2) is 15.0. The van der Waals surface area contributed by atoms with Gasteiger partial charge < -0.3 is 19.3 Å². The van der Waals surface area contributed by atoms with Crippen molar-refractivity contribution in [3.63, 3.8) is 0 Å². The molecular weight excluding hydrogens is 705 g/mol. The second-order valence-electron chi connectivity index (χ2n) is 12.2. The highest BCUT2D eigenvalue weighted by Crippen LogP contribution is 2.46. The number of halogens is 2. The van der Waals surface area contributed by atoms with Crippen LogP contribution in [0.2, 0.25) is 10.0 Å². The number of aliphatic hydroxyl groups excluding tert-OH is 1. The average Bonchev–Trinajstić information content (AvgIpc) is 3.75. The molecule has 0 saturated carbocycles. The molecule has 2 atom stereocenters. The second-order valence-corrected chi connectivity index (χ2v) is 15.2. The van der Waals surface area contributed by atoms with Gasteiger partial charge in [0.2, 0.25) is 5.13 Å². The summed E-state index contributed by atoms with van der Waals surface area (Å²) in [6.45, 7) is 8.95. The van der Waals surface area contributed by atoms with E-state index in [2.05, 4.69) is 24.0 Å². The van der Waals surface area contributed by atoms with Crippen molar-refractivity contribution in [3.8, 4) is 17.2 Å². The number of benzene rings is 3. The number of Topliss-reactive ketones (excluding diaryl/α,β-unsaturated/α-hetero) is 1. The third kappa shape index (κ3) is 7.55. The van der Waals surface area contributed by atoms with Gasteiger partial charge in [-0.15, -0.1) is 10.2 Å². The highest BCUT2D eigenvalue weighted by molar-refractivity contribution is 8.00. The number of carbonyl (C=O) groups excluding carboxylic acids is 2. The quantitative estimate of drug-likeness (QED) is 0.0501. The lowest BCUT2D eigenvalue weighted by atomic mass is 9.94. The normalized spacial score (nSPS) is 18.2. The number of aliphatic hydroxyl groups is 1. The van der Waals surface area contributed by atoms with E-state index in [-0.39, 0.29) is 22.6 Å². The molecule has 3 heterocycles. The summed E-state index contributed by atoms with van der Waals surface area (Å²) < 4.78 is 18.4.